The van der Waals surface area contributed by atoms with E-state index in [1.54, 1.807) is 60.9 Å². The van der Waals surface area contributed by atoms with E-state index in [0.29, 0.717) is 33.1 Å². The highest BCUT2D eigenvalue weighted by molar-refractivity contribution is 6.31. The second-order valence-corrected chi connectivity index (χ2v) is 7.91. The van der Waals surface area contributed by atoms with Gasteiger partial charge in [0.25, 0.3) is 5.91 Å². The van der Waals surface area contributed by atoms with Gasteiger partial charge in [-0.05, 0) is 47.2 Å². The summed E-state index contributed by atoms with van der Waals surface area (Å²) in [5.74, 6) is 0.219. The van der Waals surface area contributed by atoms with Crippen LogP contribution in [0.25, 0.3) is 21.7 Å². The third-order valence-electron chi connectivity index (χ3n) is 5.24. The van der Waals surface area contributed by atoms with Gasteiger partial charge in [-0.2, -0.15) is 0 Å². The van der Waals surface area contributed by atoms with Crippen molar-refractivity contribution in [3.8, 4) is 17.4 Å². The van der Waals surface area contributed by atoms with Crippen molar-refractivity contribution in [2.75, 3.05) is 6.61 Å². The molecule has 0 spiro atoms. The fourth-order valence-electron chi connectivity index (χ4n) is 3.64. The van der Waals surface area contributed by atoms with E-state index in [1.165, 1.54) is 12.4 Å². The van der Waals surface area contributed by atoms with E-state index in [9.17, 15) is 9.59 Å². The molecular weight excluding hydrogens is 456 g/mol. The van der Waals surface area contributed by atoms with Crippen LogP contribution in [0.3, 0.4) is 0 Å². The molecule has 5 rings (SSSR count). The summed E-state index contributed by atoms with van der Waals surface area (Å²) in [6.45, 7) is -0.274. The van der Waals surface area contributed by atoms with E-state index in [-0.39, 0.29) is 23.7 Å². The second-order valence-electron chi connectivity index (χ2n) is 7.47. The number of ketones is 1. The molecule has 9 heteroatoms. The maximum absolute atomic E-state index is 12.9. The van der Waals surface area contributed by atoms with Crippen molar-refractivity contribution in [3.05, 3.63) is 89.5 Å². The largest absolute Gasteiger partial charge is 0.485 e. The molecule has 34 heavy (non-hydrogen) atoms. The fourth-order valence-corrected chi connectivity index (χ4v) is 3.82. The molecule has 168 valence electrons. The number of nitrogens with one attached hydrogen (secondary N) is 1. The Bertz CT molecular complexity index is 1550. The molecule has 2 heterocycles. The van der Waals surface area contributed by atoms with Gasteiger partial charge >= 0.3 is 0 Å². The Labute approximate surface area is 198 Å². The Hall–Kier alpha value is -4.43. The summed E-state index contributed by atoms with van der Waals surface area (Å²) in [5.41, 5.74) is 6.87. The van der Waals surface area contributed by atoms with E-state index < -0.39 is 5.91 Å². The van der Waals surface area contributed by atoms with Gasteiger partial charge in [0.1, 0.15) is 11.5 Å². The number of fused-ring (bicyclic) bond motifs is 2. The number of hydrogen-bond donors (Lipinski definition) is 2. The van der Waals surface area contributed by atoms with Gasteiger partial charge in [-0.1, -0.05) is 17.7 Å². The first-order valence-electron chi connectivity index (χ1n) is 10.2. The summed E-state index contributed by atoms with van der Waals surface area (Å²) in [4.78, 5) is 36.0. The van der Waals surface area contributed by atoms with Crippen LogP contribution in [-0.2, 0) is 0 Å². The van der Waals surface area contributed by atoms with Gasteiger partial charge in [-0.15, -0.1) is 0 Å². The number of carbonyl (C=O) groups is 2. The molecule has 0 fully saturated rings. The van der Waals surface area contributed by atoms with Crippen LogP contribution in [0.5, 0.6) is 17.4 Å². The first-order chi connectivity index (χ1) is 16.5. The van der Waals surface area contributed by atoms with Crippen LogP contribution in [0.1, 0.15) is 20.7 Å². The van der Waals surface area contributed by atoms with Crippen LogP contribution in [0, 0.1) is 0 Å². The quantitative estimate of drug-likeness (QED) is 0.324. The van der Waals surface area contributed by atoms with E-state index in [0.717, 1.165) is 10.8 Å². The molecule has 0 aliphatic carbocycles. The number of H-pyrrole nitrogens is 1. The number of hydrogen-bond acceptors (Lipinski definition) is 6. The first-order valence-corrected chi connectivity index (χ1v) is 10.6. The second kappa shape index (κ2) is 8.84. The highest BCUT2D eigenvalue weighted by atomic mass is 35.5. The smallest absolute Gasteiger partial charge is 0.252 e. The number of ether oxygens (including phenoxy) is 2. The van der Waals surface area contributed by atoms with Crippen LogP contribution in [0.15, 0.2) is 73.3 Å². The lowest BCUT2D eigenvalue weighted by atomic mass is 10.1. The molecule has 0 aliphatic rings. The maximum Gasteiger partial charge on any atom is 0.252 e. The zero-order chi connectivity index (χ0) is 23.7. The average molecular weight is 473 g/mol. The lowest BCUT2D eigenvalue weighted by Crippen LogP contribution is -2.16. The number of nitrogens with zero attached hydrogens (tertiary/aromatic N) is 2. The molecule has 0 aliphatic heterocycles. The van der Waals surface area contributed by atoms with E-state index in [1.807, 2.05) is 0 Å². The zero-order valence-corrected chi connectivity index (χ0v) is 18.4. The number of benzene rings is 3. The minimum absolute atomic E-state index is 0.173. The van der Waals surface area contributed by atoms with Crippen LogP contribution in [0.4, 0.5) is 0 Å². The molecule has 0 saturated carbocycles. The molecule has 0 atom stereocenters. The predicted octanol–water partition coefficient (Wildman–Crippen LogP) is 4.92. The number of Topliss-reactive ketones (excluding diaryl/α,β-unsaturated/α-hetero) is 1. The van der Waals surface area contributed by atoms with Gasteiger partial charge in [0, 0.05) is 46.1 Å². The summed E-state index contributed by atoms with van der Waals surface area (Å²) < 4.78 is 11.4. The van der Waals surface area contributed by atoms with Gasteiger partial charge in [0.05, 0.1) is 11.8 Å². The summed E-state index contributed by atoms with van der Waals surface area (Å²) in [7, 11) is 0. The molecule has 0 bridgehead atoms. The molecule has 3 N–H and O–H groups in total. The summed E-state index contributed by atoms with van der Waals surface area (Å²) in [6, 6.07) is 13.8. The van der Waals surface area contributed by atoms with Gasteiger partial charge in [0.2, 0.25) is 11.7 Å². The van der Waals surface area contributed by atoms with Crippen molar-refractivity contribution in [2.24, 2.45) is 5.73 Å². The lowest BCUT2D eigenvalue weighted by Gasteiger charge is -2.11. The van der Waals surface area contributed by atoms with Crippen molar-refractivity contribution in [3.63, 3.8) is 0 Å². The first kappa shape index (κ1) is 21.4. The lowest BCUT2D eigenvalue weighted by molar-refractivity contribution is 0.0914. The third kappa shape index (κ3) is 4.26. The van der Waals surface area contributed by atoms with E-state index >= 15 is 0 Å². The Morgan fingerprint density at radius 1 is 1.00 bits per heavy atom. The molecule has 1 amide bonds. The van der Waals surface area contributed by atoms with Gasteiger partial charge in [-0.25, -0.2) is 4.98 Å². The van der Waals surface area contributed by atoms with E-state index in [4.69, 9.17) is 26.8 Å². The minimum Gasteiger partial charge on any atom is -0.485 e. The van der Waals surface area contributed by atoms with Gasteiger partial charge in [0.15, 0.2) is 6.61 Å². The number of nitrogens with two attached hydrogens (primary N) is 1. The predicted molar refractivity (Wildman–Crippen MR) is 128 cm³/mol. The molecule has 5 aromatic rings. The molecule has 8 nitrogen and oxygen atoms in total. The number of rotatable bonds is 7. The SMILES string of the molecule is NC(=O)c1cc2cc(Cl)ccc2cc1OCC(=O)c1c[nH]c2cc(Oc3cnccn3)ccc12. The molecule has 0 unspecified atom stereocenters. The number of primary amides is 1. The summed E-state index contributed by atoms with van der Waals surface area (Å²) in [6.07, 6.45) is 6.21. The topological polar surface area (TPSA) is 120 Å². The maximum atomic E-state index is 12.9. The average Bonchev–Trinajstić information content (AvgIpc) is 3.26. The summed E-state index contributed by atoms with van der Waals surface area (Å²) in [5, 5.41) is 2.80. The van der Waals surface area contributed by atoms with Crippen LogP contribution in [-0.4, -0.2) is 33.2 Å². The van der Waals surface area contributed by atoms with Crippen LogP contribution < -0.4 is 15.2 Å². The third-order valence-corrected chi connectivity index (χ3v) is 5.48. The van der Waals surface area contributed by atoms with Crippen molar-refractivity contribution in [2.45, 2.75) is 0 Å². The van der Waals surface area contributed by atoms with Gasteiger partial charge in [-0.3, -0.25) is 14.6 Å². The Morgan fingerprint density at radius 3 is 2.68 bits per heavy atom. The molecule has 0 saturated heterocycles. The number of aromatic nitrogens is 3. The standard InChI is InChI=1S/C25H17ClN4O4/c26-16-2-1-14-9-23(19(25(27)32)8-15(14)7-16)33-13-22(31)20-11-30-21-10-17(3-4-18(20)21)34-24-12-28-5-6-29-24/h1-12,30H,13H2,(H2,27,32). The number of halogens is 1. The number of carbonyl (C=O) groups excluding carboxylic acids is 2. The van der Waals surface area contributed by atoms with E-state index in [2.05, 4.69) is 15.0 Å². The Morgan fingerprint density at radius 2 is 1.88 bits per heavy atom. The normalized spacial score (nSPS) is 11.0. The van der Waals surface area contributed by atoms with Crippen molar-refractivity contribution in [1.82, 2.24) is 15.0 Å². The Kier molecular flexibility index (Phi) is 5.57. The molecular formula is C25H17ClN4O4. The highest BCUT2D eigenvalue weighted by Gasteiger charge is 2.17. The minimum atomic E-state index is -0.660. The zero-order valence-electron chi connectivity index (χ0n) is 17.6. The molecule has 0 radical (unpaired) electrons. The highest BCUT2D eigenvalue weighted by Crippen LogP contribution is 2.29. The van der Waals surface area contributed by atoms with Crippen molar-refractivity contribution in [1.29, 1.82) is 0 Å². The number of aromatic amines is 1. The Balaban J connectivity index is 1.37. The van der Waals surface area contributed by atoms with Gasteiger partial charge < -0.3 is 20.2 Å². The van der Waals surface area contributed by atoms with Crippen molar-refractivity contribution >= 4 is 45.0 Å². The fraction of sp³-hybridized carbons (Fsp3) is 0.0400. The van der Waals surface area contributed by atoms with Crippen molar-refractivity contribution < 1.29 is 19.1 Å². The number of amides is 1. The molecule has 3 aromatic carbocycles. The monoisotopic (exact) mass is 472 g/mol. The molecule has 2 aromatic heterocycles. The van der Waals surface area contributed by atoms with Crippen LogP contribution in [0.2, 0.25) is 5.02 Å². The van der Waals surface area contributed by atoms with Crippen LogP contribution >= 0.6 is 11.6 Å². The summed E-state index contributed by atoms with van der Waals surface area (Å²) >= 11 is 6.04.